The zero-order valence-corrected chi connectivity index (χ0v) is 22.6. The number of anilines is 1. The first-order valence-electron chi connectivity index (χ1n) is 11.3. The average Bonchev–Trinajstić information content (AvgIpc) is 3.36. The maximum absolute atomic E-state index is 13.7. The number of aromatic nitrogens is 3. The van der Waals surface area contributed by atoms with Crippen LogP contribution in [-0.2, 0) is 24.2 Å². The van der Waals surface area contributed by atoms with Gasteiger partial charge in [-0.25, -0.2) is 9.08 Å². The Morgan fingerprint density at radius 1 is 1.37 bits per heavy atom. The summed E-state index contributed by atoms with van der Waals surface area (Å²) < 4.78 is 29.7. The van der Waals surface area contributed by atoms with Crippen LogP contribution in [0.25, 0.3) is 5.52 Å². The van der Waals surface area contributed by atoms with Crippen LogP contribution in [-0.4, -0.2) is 54.8 Å². The molecular weight excluding hydrogens is 560 g/mol. The fourth-order valence-electron chi connectivity index (χ4n) is 4.02. The smallest absolute Gasteiger partial charge is 0.379 e. The number of aromatic amines is 1. The van der Waals surface area contributed by atoms with Gasteiger partial charge in [0.1, 0.15) is 35.3 Å². The summed E-state index contributed by atoms with van der Waals surface area (Å²) in [5, 5.41) is 25.2. The number of para-hydroxylation sites is 1. The largest absolute Gasteiger partial charge is 0.424 e. The quantitative estimate of drug-likeness (QED) is 0.250. The number of hydrogen-bond acceptors (Lipinski definition) is 10. The third-order valence-corrected chi connectivity index (χ3v) is 9.20. The Labute approximate surface area is 226 Å². The Bertz CT molecular complexity index is 1510. The molecule has 2 aromatic heterocycles. The molecule has 15 heteroatoms. The van der Waals surface area contributed by atoms with Crippen molar-refractivity contribution in [3.8, 4) is 11.8 Å². The fraction of sp³-hybridized carbons (Fsp3) is 0.391. The molecule has 1 aliphatic heterocycles. The van der Waals surface area contributed by atoms with E-state index in [-0.39, 0.29) is 34.9 Å². The first-order valence-corrected chi connectivity index (χ1v) is 13.8. The SMILES string of the molecule is CC(=O)[C@H](C)CP(=O)(OC[C@H]1O[C@@](C#N)(c2ccc3c(=O)[nH]c(N)nn23)C(Cl)(Cl)[C@H]1O)Oc1ccccc1. The molecule has 0 radical (unpaired) electrons. The van der Waals surface area contributed by atoms with Crippen molar-refractivity contribution in [2.45, 2.75) is 36.0 Å². The Kier molecular flexibility index (Phi) is 7.65. The minimum Gasteiger partial charge on any atom is -0.424 e. The van der Waals surface area contributed by atoms with E-state index in [1.807, 2.05) is 6.07 Å². The van der Waals surface area contributed by atoms with Crippen LogP contribution in [0.3, 0.4) is 0 Å². The molecule has 12 nitrogen and oxygen atoms in total. The number of ketones is 1. The molecule has 202 valence electrons. The summed E-state index contributed by atoms with van der Waals surface area (Å²) in [6.07, 6.45) is -3.37. The number of aliphatic hydroxyl groups is 1. The van der Waals surface area contributed by atoms with Crippen LogP contribution >= 0.6 is 30.8 Å². The Morgan fingerprint density at radius 2 is 2.05 bits per heavy atom. The second kappa shape index (κ2) is 10.3. The number of carbonyl (C=O) groups is 1. The lowest BCUT2D eigenvalue weighted by Gasteiger charge is -2.30. The van der Waals surface area contributed by atoms with Crippen LogP contribution in [0.15, 0.2) is 47.3 Å². The van der Waals surface area contributed by atoms with Gasteiger partial charge in [0.2, 0.25) is 11.5 Å². The third kappa shape index (κ3) is 4.94. The van der Waals surface area contributed by atoms with Gasteiger partial charge in [0.15, 0.2) is 4.33 Å². The van der Waals surface area contributed by atoms with Crippen molar-refractivity contribution < 1.29 is 28.3 Å². The number of benzene rings is 1. The molecule has 1 saturated heterocycles. The lowest BCUT2D eigenvalue weighted by molar-refractivity contribution is -0.119. The zero-order chi connectivity index (χ0) is 27.9. The van der Waals surface area contributed by atoms with E-state index < -0.39 is 47.8 Å². The Morgan fingerprint density at radius 3 is 2.68 bits per heavy atom. The summed E-state index contributed by atoms with van der Waals surface area (Å²) in [5.74, 6) is -0.907. The minimum absolute atomic E-state index is 0.0183. The number of nitrogens with one attached hydrogen (secondary N) is 1. The predicted octanol–water partition coefficient (Wildman–Crippen LogP) is 2.77. The highest BCUT2D eigenvalue weighted by molar-refractivity contribution is 7.54. The highest BCUT2D eigenvalue weighted by Crippen LogP contribution is 2.55. The molecule has 1 unspecified atom stereocenters. The van der Waals surface area contributed by atoms with Gasteiger partial charge in [-0.2, -0.15) is 5.26 Å². The van der Waals surface area contributed by atoms with E-state index in [0.29, 0.717) is 0 Å². The topological polar surface area (TPSA) is 182 Å². The molecule has 0 spiro atoms. The molecule has 0 saturated carbocycles. The Hall–Kier alpha value is -2.91. The predicted molar refractivity (Wildman–Crippen MR) is 138 cm³/mol. The molecular formula is C23H24Cl2N5O7P. The molecule has 1 aliphatic rings. The highest BCUT2D eigenvalue weighted by atomic mass is 35.5. The summed E-state index contributed by atoms with van der Waals surface area (Å²) in [5.41, 5.74) is 2.76. The summed E-state index contributed by atoms with van der Waals surface area (Å²) in [4.78, 5) is 26.5. The molecule has 3 aromatic rings. The van der Waals surface area contributed by atoms with E-state index in [4.69, 9.17) is 42.7 Å². The number of rotatable bonds is 9. The molecule has 3 heterocycles. The van der Waals surface area contributed by atoms with Gasteiger partial charge in [-0.15, -0.1) is 5.10 Å². The van der Waals surface area contributed by atoms with E-state index in [1.54, 1.807) is 37.3 Å². The van der Waals surface area contributed by atoms with Crippen molar-refractivity contribution in [1.29, 1.82) is 5.26 Å². The van der Waals surface area contributed by atoms with Crippen molar-refractivity contribution in [3.05, 3.63) is 58.5 Å². The first-order chi connectivity index (χ1) is 17.8. The van der Waals surface area contributed by atoms with Crippen molar-refractivity contribution in [1.82, 2.24) is 14.6 Å². The number of halogens is 2. The van der Waals surface area contributed by atoms with Crippen molar-refractivity contribution in [2.75, 3.05) is 18.5 Å². The number of nitrogens with two attached hydrogens (primary N) is 1. The van der Waals surface area contributed by atoms with Crippen LogP contribution in [0.1, 0.15) is 19.5 Å². The van der Waals surface area contributed by atoms with Crippen molar-refractivity contribution in [2.24, 2.45) is 5.92 Å². The summed E-state index contributed by atoms with van der Waals surface area (Å²) in [6.45, 7) is 2.36. The lowest BCUT2D eigenvalue weighted by atomic mass is 9.94. The van der Waals surface area contributed by atoms with E-state index in [9.17, 15) is 24.5 Å². The van der Waals surface area contributed by atoms with Gasteiger partial charge >= 0.3 is 7.60 Å². The van der Waals surface area contributed by atoms with E-state index in [1.165, 1.54) is 19.1 Å². The number of alkyl halides is 2. The van der Waals surface area contributed by atoms with Gasteiger partial charge in [0, 0.05) is 5.92 Å². The van der Waals surface area contributed by atoms with E-state index >= 15 is 0 Å². The molecule has 0 bridgehead atoms. The summed E-state index contributed by atoms with van der Waals surface area (Å²) >= 11 is 13.0. The number of H-pyrrole nitrogens is 1. The summed E-state index contributed by atoms with van der Waals surface area (Å²) in [6, 6.07) is 12.8. The van der Waals surface area contributed by atoms with E-state index in [2.05, 4.69) is 10.1 Å². The minimum atomic E-state index is -4.00. The maximum atomic E-state index is 13.7. The second-order valence-electron chi connectivity index (χ2n) is 8.88. The van der Waals surface area contributed by atoms with Crippen molar-refractivity contribution >= 4 is 48.0 Å². The number of ether oxygens (including phenoxy) is 1. The van der Waals surface area contributed by atoms with Crippen LogP contribution in [0.2, 0.25) is 0 Å². The molecule has 0 aliphatic carbocycles. The molecule has 5 atom stereocenters. The van der Waals surface area contributed by atoms with Crippen LogP contribution in [0.5, 0.6) is 5.75 Å². The van der Waals surface area contributed by atoms with Gasteiger partial charge in [0.25, 0.3) is 5.56 Å². The number of hydrogen-bond donors (Lipinski definition) is 3. The van der Waals surface area contributed by atoms with Gasteiger partial charge in [-0.1, -0.05) is 48.3 Å². The fourth-order valence-corrected chi connectivity index (χ4v) is 6.65. The average molecular weight is 584 g/mol. The van der Waals surface area contributed by atoms with Gasteiger partial charge in [-0.05, 0) is 31.2 Å². The number of fused-ring (bicyclic) bond motifs is 1. The number of aliphatic hydroxyl groups excluding tert-OH is 1. The molecule has 4 rings (SSSR count). The van der Waals surface area contributed by atoms with E-state index in [0.717, 1.165) is 4.52 Å². The molecule has 1 fully saturated rings. The number of nitrogens with zero attached hydrogens (tertiary/aromatic N) is 3. The molecule has 0 amide bonds. The first kappa shape index (κ1) is 28.1. The summed E-state index contributed by atoms with van der Waals surface area (Å²) in [7, 11) is -4.00. The molecule has 38 heavy (non-hydrogen) atoms. The third-order valence-electron chi connectivity index (χ3n) is 6.19. The zero-order valence-electron chi connectivity index (χ0n) is 20.2. The van der Waals surface area contributed by atoms with Gasteiger partial charge < -0.3 is 20.1 Å². The monoisotopic (exact) mass is 583 g/mol. The van der Waals surface area contributed by atoms with Gasteiger partial charge in [0.05, 0.1) is 18.5 Å². The number of Topliss-reactive ketones (excluding diaryl/α,β-unsaturated/α-hetero) is 1. The maximum Gasteiger partial charge on any atom is 0.379 e. The molecule has 4 N–H and O–H groups in total. The number of nitriles is 1. The van der Waals surface area contributed by atoms with Crippen LogP contribution in [0.4, 0.5) is 5.95 Å². The van der Waals surface area contributed by atoms with Crippen LogP contribution in [0, 0.1) is 17.2 Å². The second-order valence-corrected chi connectivity index (χ2v) is 12.3. The normalized spacial score (nSPS) is 24.9. The lowest BCUT2D eigenvalue weighted by Crippen LogP contribution is -2.46. The van der Waals surface area contributed by atoms with Crippen LogP contribution < -0.4 is 15.8 Å². The molecule has 1 aromatic carbocycles. The highest BCUT2D eigenvalue weighted by Gasteiger charge is 2.67. The number of nitrogen functional groups attached to an aromatic ring is 1. The van der Waals surface area contributed by atoms with Gasteiger partial charge in [-0.3, -0.25) is 19.1 Å². The standard InChI is InChI=1S/C23H24Cl2N5O7P/c1-13(14(2)31)11-38(34,37-15-6-4-3-5-7-15)35-10-17-19(32)23(24,25)22(12-26,36-17)18-9-8-16-20(33)28-21(27)29-30(16)18/h3-9,13,17,19,32H,10-11H2,1-2H3,(H3,27,28,29,33)/t13-,17-,19+,22+,38?/m1/s1. The number of carbonyl (C=O) groups excluding carboxylic acids is 1. The van der Waals surface area contributed by atoms with Crippen molar-refractivity contribution in [3.63, 3.8) is 0 Å². The Balaban J connectivity index is 1.66.